The Hall–Kier alpha value is -1.92. The molecule has 2 amide bonds. The molecule has 0 bridgehead atoms. The number of hydrazine groups is 1. The molecule has 0 aliphatic carbocycles. The number of nitrogens with zero attached hydrogens (tertiary/aromatic N) is 4. The number of hydrogen-bond acceptors (Lipinski definition) is 5. The van der Waals surface area contributed by atoms with E-state index >= 15 is 0 Å². The quantitative estimate of drug-likeness (QED) is 0.629. The van der Waals surface area contributed by atoms with Crippen LogP contribution in [0.3, 0.4) is 0 Å². The fraction of sp³-hybridized carbons (Fsp3) is 0.333. The van der Waals surface area contributed by atoms with E-state index in [1.807, 2.05) is 0 Å². The van der Waals surface area contributed by atoms with Gasteiger partial charge in [0.05, 0.1) is 7.11 Å². The lowest BCUT2D eigenvalue weighted by Crippen LogP contribution is -2.06. The molecule has 1 fully saturated rings. The highest BCUT2D eigenvalue weighted by Gasteiger charge is 2.34. The van der Waals surface area contributed by atoms with Crippen molar-refractivity contribution >= 4 is 12.0 Å². The van der Waals surface area contributed by atoms with E-state index in [2.05, 4.69) is 20.4 Å². The summed E-state index contributed by atoms with van der Waals surface area (Å²) in [6, 6.07) is -0.0309. The molecule has 68 valence electrons. The summed E-state index contributed by atoms with van der Waals surface area (Å²) in [6.45, 7) is 1.70. The van der Waals surface area contributed by atoms with Gasteiger partial charge in [-0.2, -0.15) is 20.0 Å². The van der Waals surface area contributed by atoms with Crippen molar-refractivity contribution in [3.8, 4) is 6.01 Å². The smallest absolute Gasteiger partial charge is 0.363 e. The van der Waals surface area contributed by atoms with Gasteiger partial charge in [-0.1, -0.05) is 0 Å². The zero-order valence-electron chi connectivity index (χ0n) is 7.11. The third-order valence-corrected chi connectivity index (χ3v) is 1.46. The molecule has 7 nitrogen and oxygen atoms in total. The van der Waals surface area contributed by atoms with E-state index in [4.69, 9.17) is 4.74 Å². The Labute approximate surface area is 73.7 Å². The summed E-state index contributed by atoms with van der Waals surface area (Å²) in [6.07, 6.45) is 0. The van der Waals surface area contributed by atoms with Crippen LogP contribution < -0.4 is 15.2 Å². The molecular weight excluding hydrogens is 174 g/mol. The Morgan fingerprint density at radius 3 is 2.62 bits per heavy atom. The second-order valence-corrected chi connectivity index (χ2v) is 2.42. The van der Waals surface area contributed by atoms with E-state index in [1.165, 1.54) is 12.1 Å². The molecule has 1 aliphatic heterocycles. The molecule has 1 aromatic heterocycles. The van der Waals surface area contributed by atoms with E-state index in [0.717, 1.165) is 0 Å². The second kappa shape index (κ2) is 2.54. The molecule has 0 radical (unpaired) electrons. The largest absolute Gasteiger partial charge is 0.467 e. The van der Waals surface area contributed by atoms with Crippen molar-refractivity contribution < 1.29 is 9.53 Å². The van der Waals surface area contributed by atoms with Gasteiger partial charge in [0, 0.05) is 0 Å². The number of urea groups is 1. The van der Waals surface area contributed by atoms with Crippen molar-refractivity contribution in [1.29, 1.82) is 0 Å². The first-order valence-corrected chi connectivity index (χ1v) is 3.58. The molecule has 2 heterocycles. The SMILES string of the molecule is COc1nc(C)nc(N2NC2=O)n1. The number of methoxy groups -OCH3 is 1. The van der Waals surface area contributed by atoms with Gasteiger partial charge in [0.25, 0.3) is 5.95 Å². The number of aryl methyl sites for hydroxylation is 1. The van der Waals surface area contributed by atoms with Gasteiger partial charge in [0.15, 0.2) is 0 Å². The minimum atomic E-state index is -0.229. The first-order valence-electron chi connectivity index (χ1n) is 3.58. The monoisotopic (exact) mass is 181 g/mol. The molecule has 0 saturated carbocycles. The van der Waals surface area contributed by atoms with Crippen LogP contribution in [0.25, 0.3) is 0 Å². The average molecular weight is 181 g/mol. The van der Waals surface area contributed by atoms with Crippen molar-refractivity contribution in [3.05, 3.63) is 5.82 Å². The minimum absolute atomic E-state index is 0.198. The molecule has 1 saturated heterocycles. The van der Waals surface area contributed by atoms with Crippen LogP contribution in [-0.2, 0) is 0 Å². The molecule has 0 spiro atoms. The van der Waals surface area contributed by atoms with Crippen LogP contribution in [0.4, 0.5) is 10.7 Å². The maximum atomic E-state index is 10.7. The zero-order valence-corrected chi connectivity index (χ0v) is 7.11. The fourth-order valence-corrected chi connectivity index (χ4v) is 0.846. The number of carbonyl (C=O) groups excluding carboxylic acids is 1. The van der Waals surface area contributed by atoms with Gasteiger partial charge < -0.3 is 4.74 Å². The van der Waals surface area contributed by atoms with E-state index < -0.39 is 0 Å². The standard InChI is InChI=1S/C6H7N5O2/c1-3-7-4(11-6(12)10-11)9-5(8-3)13-2/h1-2H3,(H,10,12). The number of carbonyl (C=O) groups is 1. The van der Waals surface area contributed by atoms with Crippen LogP contribution in [0, 0.1) is 6.92 Å². The summed E-state index contributed by atoms with van der Waals surface area (Å²) < 4.78 is 4.82. The number of hydrogen-bond donors (Lipinski definition) is 1. The molecule has 0 atom stereocenters. The number of anilines is 1. The van der Waals surface area contributed by atoms with Crippen molar-refractivity contribution in [2.45, 2.75) is 6.92 Å². The van der Waals surface area contributed by atoms with Gasteiger partial charge in [-0.25, -0.2) is 10.2 Å². The molecule has 0 unspecified atom stereocenters. The van der Waals surface area contributed by atoms with Gasteiger partial charge >= 0.3 is 12.0 Å². The molecule has 1 aromatic rings. The summed E-state index contributed by atoms with van der Waals surface area (Å²) in [5, 5.41) is 1.21. The Morgan fingerprint density at radius 2 is 2.08 bits per heavy atom. The number of ether oxygens (including phenoxy) is 1. The van der Waals surface area contributed by atoms with Gasteiger partial charge in [0.1, 0.15) is 5.82 Å². The predicted octanol–water partition coefficient (Wildman–Crippen LogP) is -0.367. The Bertz CT molecular complexity index is 366. The summed E-state index contributed by atoms with van der Waals surface area (Å²) in [7, 11) is 1.45. The molecule has 2 rings (SSSR count). The van der Waals surface area contributed by atoms with E-state index in [1.54, 1.807) is 6.92 Å². The third kappa shape index (κ3) is 1.35. The maximum Gasteiger partial charge on any atom is 0.363 e. The van der Waals surface area contributed by atoms with Gasteiger partial charge in [-0.15, -0.1) is 0 Å². The number of nitrogens with one attached hydrogen (secondary N) is 1. The lowest BCUT2D eigenvalue weighted by molar-refractivity contribution is 0.267. The topological polar surface area (TPSA) is 89.9 Å². The second-order valence-electron chi connectivity index (χ2n) is 2.42. The van der Waals surface area contributed by atoms with Crippen LogP contribution in [0.15, 0.2) is 0 Å². The Morgan fingerprint density at radius 1 is 1.38 bits per heavy atom. The summed E-state index contributed by atoms with van der Waals surface area (Å²) in [5.74, 6) is 0.762. The van der Waals surface area contributed by atoms with E-state index in [9.17, 15) is 4.79 Å². The summed E-state index contributed by atoms with van der Waals surface area (Å²) in [4.78, 5) is 22.3. The van der Waals surface area contributed by atoms with E-state index in [-0.39, 0.29) is 18.0 Å². The highest BCUT2D eigenvalue weighted by molar-refractivity contribution is 6.04. The Balaban J connectivity index is 2.35. The maximum absolute atomic E-state index is 10.7. The first-order chi connectivity index (χ1) is 6.20. The van der Waals surface area contributed by atoms with E-state index in [0.29, 0.717) is 5.82 Å². The normalized spacial score (nSPS) is 14.0. The summed E-state index contributed by atoms with van der Waals surface area (Å²) >= 11 is 0. The molecule has 13 heavy (non-hydrogen) atoms. The molecule has 1 aliphatic rings. The van der Waals surface area contributed by atoms with Crippen molar-refractivity contribution in [2.75, 3.05) is 12.1 Å². The minimum Gasteiger partial charge on any atom is -0.467 e. The zero-order chi connectivity index (χ0) is 9.42. The molecular formula is C6H7N5O2. The third-order valence-electron chi connectivity index (χ3n) is 1.46. The fourth-order valence-electron chi connectivity index (χ4n) is 0.846. The number of rotatable bonds is 2. The highest BCUT2D eigenvalue weighted by atomic mass is 16.5. The van der Waals surface area contributed by atoms with Crippen LogP contribution >= 0.6 is 0 Å². The summed E-state index contributed by atoms with van der Waals surface area (Å²) in [5.41, 5.74) is 2.41. The van der Waals surface area contributed by atoms with Gasteiger partial charge in [-0.3, -0.25) is 0 Å². The lowest BCUT2D eigenvalue weighted by Gasteiger charge is -2.00. The molecule has 1 N–H and O–H groups in total. The first kappa shape index (κ1) is 7.71. The van der Waals surface area contributed by atoms with Crippen molar-refractivity contribution in [2.24, 2.45) is 0 Å². The van der Waals surface area contributed by atoms with Crippen LogP contribution in [0.5, 0.6) is 6.01 Å². The van der Waals surface area contributed by atoms with Crippen molar-refractivity contribution in [3.63, 3.8) is 0 Å². The number of aromatic nitrogens is 3. The van der Waals surface area contributed by atoms with Crippen LogP contribution in [0.1, 0.15) is 5.82 Å². The predicted molar refractivity (Wildman–Crippen MR) is 42.1 cm³/mol. The van der Waals surface area contributed by atoms with Crippen LogP contribution in [0.2, 0.25) is 0 Å². The highest BCUT2D eigenvalue weighted by Crippen LogP contribution is 2.15. The van der Waals surface area contributed by atoms with Crippen molar-refractivity contribution in [1.82, 2.24) is 20.4 Å². The Kier molecular flexibility index (Phi) is 1.51. The molecule has 0 aromatic carbocycles. The number of amides is 2. The lowest BCUT2D eigenvalue weighted by atomic mass is 10.7. The van der Waals surface area contributed by atoms with Gasteiger partial charge in [-0.05, 0) is 6.92 Å². The van der Waals surface area contributed by atoms with Gasteiger partial charge in [0.2, 0.25) is 0 Å². The van der Waals surface area contributed by atoms with Crippen LogP contribution in [-0.4, -0.2) is 28.1 Å². The molecule has 7 heteroatoms. The average Bonchev–Trinajstić information content (AvgIpc) is 2.81.